The average molecular weight is 541 g/mol. The molecule has 0 aromatic heterocycles. The van der Waals surface area contributed by atoms with E-state index in [1.54, 1.807) is 41.5 Å². The molecule has 1 heterocycles. The number of amides is 4. The number of alkyl carbamates (subject to hydrolysis) is 1. The quantitative estimate of drug-likeness (QED) is 0.396. The van der Waals surface area contributed by atoms with Crippen molar-refractivity contribution in [3.8, 4) is 0 Å². The third kappa shape index (κ3) is 6.63. The van der Waals surface area contributed by atoms with Gasteiger partial charge in [0.15, 0.2) is 0 Å². The van der Waals surface area contributed by atoms with E-state index in [4.69, 9.17) is 4.74 Å². The minimum atomic E-state index is -3.79. The Morgan fingerprint density at radius 1 is 1.08 bits per heavy atom. The Morgan fingerprint density at radius 3 is 2.19 bits per heavy atom. The summed E-state index contributed by atoms with van der Waals surface area (Å²) in [6, 6.07) is -1.83. The number of hydrogen-bond donors (Lipinski definition) is 3. The molecule has 208 valence electrons. The van der Waals surface area contributed by atoms with Crippen molar-refractivity contribution in [1.82, 2.24) is 20.3 Å². The van der Waals surface area contributed by atoms with Crippen LogP contribution in [0.3, 0.4) is 0 Å². The summed E-state index contributed by atoms with van der Waals surface area (Å²) in [5.41, 5.74) is -2.85. The van der Waals surface area contributed by atoms with Crippen molar-refractivity contribution in [2.24, 2.45) is 11.3 Å². The monoisotopic (exact) mass is 540 g/mol. The van der Waals surface area contributed by atoms with Gasteiger partial charge in [-0.3, -0.25) is 19.1 Å². The van der Waals surface area contributed by atoms with Gasteiger partial charge in [0.05, 0.1) is 5.25 Å². The van der Waals surface area contributed by atoms with Gasteiger partial charge < -0.3 is 20.3 Å². The Balaban J connectivity index is 1.75. The van der Waals surface area contributed by atoms with Crippen LogP contribution in [0.5, 0.6) is 0 Å². The molecular weight excluding hydrogens is 500 g/mol. The highest BCUT2D eigenvalue weighted by Gasteiger charge is 2.61. The fourth-order valence-electron chi connectivity index (χ4n) is 4.56. The van der Waals surface area contributed by atoms with E-state index < -0.39 is 73.6 Å². The molecule has 1 saturated heterocycles. The molecule has 0 aromatic carbocycles. The zero-order chi connectivity index (χ0) is 28.0. The first kappa shape index (κ1) is 28.9. The summed E-state index contributed by atoms with van der Waals surface area (Å²) in [7, 11) is -3.79. The van der Waals surface area contributed by atoms with Crippen molar-refractivity contribution in [1.29, 1.82) is 0 Å². The van der Waals surface area contributed by atoms with Gasteiger partial charge in [0.1, 0.15) is 23.2 Å². The van der Waals surface area contributed by atoms with Crippen molar-refractivity contribution in [3.05, 3.63) is 12.7 Å². The smallest absolute Gasteiger partial charge is 0.408 e. The molecule has 0 radical (unpaired) electrons. The zero-order valence-corrected chi connectivity index (χ0v) is 23.4. The zero-order valence-electron chi connectivity index (χ0n) is 22.5. The maximum atomic E-state index is 13.6. The molecule has 4 amide bonds. The van der Waals surface area contributed by atoms with Crippen LogP contribution in [0.15, 0.2) is 12.7 Å². The van der Waals surface area contributed by atoms with Gasteiger partial charge in [0.2, 0.25) is 21.8 Å². The Labute approximate surface area is 219 Å². The SMILES string of the molecule is C=C[C@@H]1C[C@]1(NC(=O)[C@@H]1CCCN1C(=O)[C@@H](NC(=O)OC(C)(C)C)C(C)(C)C)C(=O)NS(=O)(=O)C1CC1. The van der Waals surface area contributed by atoms with E-state index in [9.17, 15) is 27.6 Å². The van der Waals surface area contributed by atoms with Crippen LogP contribution in [0.2, 0.25) is 0 Å². The molecule has 2 aliphatic carbocycles. The van der Waals surface area contributed by atoms with Crippen molar-refractivity contribution in [2.45, 2.75) is 102 Å². The Bertz CT molecular complexity index is 1070. The third-order valence-corrected chi connectivity index (χ3v) is 8.68. The van der Waals surface area contributed by atoms with Crippen LogP contribution >= 0.6 is 0 Å². The number of ether oxygens (including phenoxy) is 1. The van der Waals surface area contributed by atoms with E-state index in [0.717, 1.165) is 0 Å². The number of rotatable bonds is 8. The second kappa shape index (κ2) is 9.92. The highest BCUT2D eigenvalue weighted by molar-refractivity contribution is 7.91. The average Bonchev–Trinajstić information content (AvgIpc) is 3.66. The molecule has 3 rings (SSSR count). The molecule has 37 heavy (non-hydrogen) atoms. The molecule has 0 unspecified atom stereocenters. The molecule has 12 heteroatoms. The van der Waals surface area contributed by atoms with E-state index in [-0.39, 0.29) is 6.42 Å². The second-order valence-electron chi connectivity index (χ2n) is 12.3. The standard InChI is InChI=1S/C25H40N4O7S/c1-8-15-14-25(15,21(32)28-37(34,35)16-11-12-16)27-19(30)17-10-9-13-29(17)20(31)18(23(2,3)4)26-22(33)36-24(5,6)7/h8,15-18H,1,9-14H2,2-7H3,(H,26,33)(H,27,30)(H,28,32)/t15-,17+,18-,25-/m1/s1. The lowest BCUT2D eigenvalue weighted by atomic mass is 9.85. The Morgan fingerprint density at radius 2 is 1.70 bits per heavy atom. The van der Waals surface area contributed by atoms with E-state index in [0.29, 0.717) is 32.2 Å². The predicted octanol–water partition coefficient (Wildman–Crippen LogP) is 1.59. The number of nitrogens with zero attached hydrogens (tertiary/aromatic N) is 1. The van der Waals surface area contributed by atoms with Crippen LogP contribution < -0.4 is 15.4 Å². The van der Waals surface area contributed by atoms with Gasteiger partial charge in [-0.25, -0.2) is 13.2 Å². The van der Waals surface area contributed by atoms with Gasteiger partial charge in [-0.1, -0.05) is 26.8 Å². The summed E-state index contributed by atoms with van der Waals surface area (Å²) in [4.78, 5) is 53.9. The fraction of sp³-hybridized carbons (Fsp3) is 0.760. The van der Waals surface area contributed by atoms with Crippen molar-refractivity contribution in [2.75, 3.05) is 6.54 Å². The van der Waals surface area contributed by atoms with Crippen LogP contribution in [-0.2, 0) is 29.1 Å². The maximum absolute atomic E-state index is 13.6. The minimum absolute atomic E-state index is 0.222. The van der Waals surface area contributed by atoms with Gasteiger partial charge >= 0.3 is 6.09 Å². The Hall–Kier alpha value is -2.63. The number of sulfonamides is 1. The minimum Gasteiger partial charge on any atom is -0.444 e. The summed E-state index contributed by atoms with van der Waals surface area (Å²) in [6.07, 6.45) is 2.93. The van der Waals surface area contributed by atoms with Crippen molar-refractivity contribution >= 4 is 33.8 Å². The molecule has 1 aliphatic heterocycles. The summed E-state index contributed by atoms with van der Waals surface area (Å²) >= 11 is 0. The van der Waals surface area contributed by atoms with Crippen LogP contribution in [0.4, 0.5) is 4.79 Å². The summed E-state index contributed by atoms with van der Waals surface area (Å²) in [6.45, 7) is 14.6. The van der Waals surface area contributed by atoms with E-state index in [1.165, 1.54) is 11.0 Å². The molecule has 0 spiro atoms. The summed E-state index contributed by atoms with van der Waals surface area (Å²) in [5.74, 6) is -2.18. The van der Waals surface area contributed by atoms with Crippen LogP contribution in [-0.4, -0.2) is 72.2 Å². The second-order valence-corrected chi connectivity index (χ2v) is 14.3. The number of hydrogen-bond acceptors (Lipinski definition) is 7. The molecule has 3 aliphatic rings. The summed E-state index contributed by atoms with van der Waals surface area (Å²) in [5, 5.41) is 4.81. The van der Waals surface area contributed by atoms with Crippen LogP contribution in [0.1, 0.15) is 73.6 Å². The third-order valence-electron chi connectivity index (χ3n) is 6.86. The lowest BCUT2D eigenvalue weighted by Crippen LogP contribution is -2.60. The van der Waals surface area contributed by atoms with Gasteiger partial charge in [-0.2, -0.15) is 0 Å². The first-order chi connectivity index (χ1) is 16.9. The highest BCUT2D eigenvalue weighted by Crippen LogP contribution is 2.45. The Kier molecular flexibility index (Phi) is 7.76. The van der Waals surface area contributed by atoms with Gasteiger partial charge in [0.25, 0.3) is 5.91 Å². The fourth-order valence-corrected chi connectivity index (χ4v) is 5.93. The van der Waals surface area contributed by atoms with E-state index in [2.05, 4.69) is 21.9 Å². The van der Waals surface area contributed by atoms with Crippen molar-refractivity contribution in [3.63, 3.8) is 0 Å². The molecule has 3 fully saturated rings. The van der Waals surface area contributed by atoms with Gasteiger partial charge in [0, 0.05) is 12.5 Å². The first-order valence-electron chi connectivity index (χ1n) is 12.7. The molecule has 11 nitrogen and oxygen atoms in total. The highest BCUT2D eigenvalue weighted by atomic mass is 32.2. The largest absolute Gasteiger partial charge is 0.444 e. The van der Waals surface area contributed by atoms with Crippen LogP contribution in [0, 0.1) is 11.3 Å². The van der Waals surface area contributed by atoms with Crippen LogP contribution in [0.25, 0.3) is 0 Å². The molecular formula is C25H40N4O7S. The summed E-state index contributed by atoms with van der Waals surface area (Å²) < 4.78 is 32.1. The number of likely N-dealkylation sites (tertiary alicyclic amines) is 1. The lowest BCUT2D eigenvalue weighted by Gasteiger charge is -2.36. The van der Waals surface area contributed by atoms with Gasteiger partial charge in [-0.15, -0.1) is 6.58 Å². The lowest BCUT2D eigenvalue weighted by molar-refractivity contribution is -0.142. The van der Waals surface area contributed by atoms with Gasteiger partial charge in [-0.05, 0) is 58.3 Å². The number of carbonyl (C=O) groups is 4. The molecule has 3 N–H and O–H groups in total. The molecule has 4 atom stereocenters. The van der Waals surface area contributed by atoms with E-state index in [1.807, 2.05) is 0 Å². The number of carbonyl (C=O) groups excluding carboxylic acids is 4. The number of nitrogens with one attached hydrogen (secondary N) is 3. The molecule has 2 saturated carbocycles. The normalized spacial score (nSPS) is 26.6. The molecule has 0 bridgehead atoms. The topological polar surface area (TPSA) is 151 Å². The maximum Gasteiger partial charge on any atom is 0.408 e. The predicted molar refractivity (Wildman–Crippen MR) is 137 cm³/mol. The first-order valence-corrected chi connectivity index (χ1v) is 14.3. The van der Waals surface area contributed by atoms with Crippen molar-refractivity contribution < 1.29 is 32.3 Å². The van der Waals surface area contributed by atoms with E-state index >= 15 is 0 Å². The molecule has 0 aromatic rings.